The van der Waals surface area contributed by atoms with Crippen LogP contribution < -0.4 is 5.32 Å². The van der Waals surface area contributed by atoms with Crippen molar-refractivity contribution >= 4 is 32.7 Å². The van der Waals surface area contributed by atoms with Crippen LogP contribution in [-0.2, 0) is 13.5 Å². The molecule has 5 nitrogen and oxygen atoms in total. The molecule has 2 heterocycles. The van der Waals surface area contributed by atoms with E-state index in [0.717, 1.165) is 18.3 Å². The molecule has 0 aromatic carbocycles. The Labute approximate surface area is 147 Å². The molecule has 0 atom stereocenters. The Balaban J connectivity index is 2.43. The van der Waals surface area contributed by atoms with Gasteiger partial charge in [-0.1, -0.05) is 11.6 Å². The molecule has 2 rings (SSSR count). The van der Waals surface area contributed by atoms with Gasteiger partial charge < -0.3 is 5.32 Å². The molecule has 23 heavy (non-hydrogen) atoms. The molecule has 122 valence electrons. The van der Waals surface area contributed by atoms with Gasteiger partial charge in [0.15, 0.2) is 0 Å². The largest absolute Gasteiger partial charge is 0.391 e. The van der Waals surface area contributed by atoms with Crippen LogP contribution in [0.5, 0.6) is 0 Å². The molecular weight excluding hydrogens is 385 g/mol. The number of aryl methyl sites for hydroxylation is 1. The van der Waals surface area contributed by atoms with E-state index in [4.69, 9.17) is 17.0 Å². The normalized spacial score (nSPS) is 11.6. The summed E-state index contributed by atoms with van der Waals surface area (Å²) >= 11 is 9.18. The number of nitrogens with one attached hydrogen (secondary N) is 2. The molecule has 2 aromatic heterocycles. The fraction of sp³-hybridized carbons (Fsp3) is 0.267. The summed E-state index contributed by atoms with van der Waals surface area (Å²) in [6.45, 7) is 2.69. The number of aromatic nitrogens is 3. The van der Waals surface area contributed by atoms with Crippen molar-refractivity contribution in [3.63, 3.8) is 0 Å². The van der Waals surface area contributed by atoms with Gasteiger partial charge in [-0.25, -0.2) is 4.39 Å². The summed E-state index contributed by atoms with van der Waals surface area (Å²) < 4.78 is 15.4. The van der Waals surface area contributed by atoms with Crippen molar-refractivity contribution < 1.29 is 4.39 Å². The van der Waals surface area contributed by atoms with Crippen LogP contribution in [0.25, 0.3) is 11.4 Å². The van der Waals surface area contributed by atoms with Crippen LogP contribution in [0.15, 0.2) is 34.7 Å². The van der Waals surface area contributed by atoms with Gasteiger partial charge >= 0.3 is 0 Å². The molecule has 0 saturated heterocycles. The molecular formula is C15H16BrClFN5. The Morgan fingerprint density at radius 1 is 1.52 bits per heavy atom. The summed E-state index contributed by atoms with van der Waals surface area (Å²) in [6, 6.07) is 1.35. The maximum atomic E-state index is 13.2. The first-order chi connectivity index (χ1) is 10.9. The van der Waals surface area contributed by atoms with Crippen molar-refractivity contribution in [2.24, 2.45) is 7.05 Å². The highest BCUT2D eigenvalue weighted by atomic mass is 79.9. The first-order valence-electron chi connectivity index (χ1n) is 6.93. The topological polar surface area (TPSA) is 66.6 Å². The summed E-state index contributed by atoms with van der Waals surface area (Å²) in [5.74, 6) is -0.423. The van der Waals surface area contributed by atoms with Crippen LogP contribution >= 0.6 is 27.5 Å². The van der Waals surface area contributed by atoms with Gasteiger partial charge in [0.25, 0.3) is 0 Å². The second-order valence-corrected chi connectivity index (χ2v) is 6.11. The smallest absolute Gasteiger partial charge is 0.142 e. The lowest BCUT2D eigenvalue weighted by Gasteiger charge is -2.07. The average Bonchev–Trinajstić information content (AvgIpc) is 2.83. The van der Waals surface area contributed by atoms with Crippen LogP contribution in [0.1, 0.15) is 12.5 Å². The van der Waals surface area contributed by atoms with E-state index in [-0.39, 0.29) is 5.17 Å². The lowest BCUT2D eigenvalue weighted by molar-refractivity contribution is 0.620. The van der Waals surface area contributed by atoms with E-state index in [2.05, 4.69) is 31.3 Å². The zero-order valence-corrected chi connectivity index (χ0v) is 15.0. The van der Waals surface area contributed by atoms with Crippen LogP contribution in [-0.4, -0.2) is 26.5 Å². The third kappa shape index (κ3) is 4.39. The minimum Gasteiger partial charge on any atom is -0.391 e. The maximum absolute atomic E-state index is 13.2. The molecule has 0 unspecified atom stereocenters. The van der Waals surface area contributed by atoms with E-state index in [1.54, 1.807) is 17.9 Å². The van der Waals surface area contributed by atoms with E-state index in [1.165, 1.54) is 6.07 Å². The van der Waals surface area contributed by atoms with Crippen LogP contribution in [0.2, 0.25) is 0 Å². The molecule has 2 N–H and O–H groups in total. The van der Waals surface area contributed by atoms with E-state index >= 15 is 0 Å². The van der Waals surface area contributed by atoms with E-state index in [0.29, 0.717) is 27.9 Å². The van der Waals surface area contributed by atoms with Gasteiger partial charge in [-0.15, -0.1) is 0 Å². The number of halogens is 3. The highest BCUT2D eigenvalue weighted by molar-refractivity contribution is 9.10. The van der Waals surface area contributed by atoms with Gasteiger partial charge in [0.1, 0.15) is 22.4 Å². The van der Waals surface area contributed by atoms with Gasteiger partial charge in [0, 0.05) is 48.0 Å². The Bertz CT molecular complexity index is 756. The molecule has 0 radical (unpaired) electrons. The zero-order chi connectivity index (χ0) is 17.0. The Morgan fingerprint density at radius 3 is 2.87 bits per heavy atom. The molecule has 0 fully saturated rings. The van der Waals surface area contributed by atoms with Gasteiger partial charge in [-0.3, -0.25) is 15.1 Å². The summed E-state index contributed by atoms with van der Waals surface area (Å²) in [5, 5.41) is 15.1. The van der Waals surface area contributed by atoms with Crippen LogP contribution in [0.4, 0.5) is 4.39 Å². The number of hydrogen-bond donors (Lipinski definition) is 2. The average molecular weight is 401 g/mol. The second-order valence-electron chi connectivity index (χ2n) is 4.88. The predicted octanol–water partition coefficient (Wildman–Crippen LogP) is 3.64. The minimum atomic E-state index is -0.423. The first kappa shape index (κ1) is 17.6. The van der Waals surface area contributed by atoms with E-state index in [1.807, 2.05) is 13.1 Å². The molecule has 0 aliphatic heterocycles. The fourth-order valence-corrected chi connectivity index (χ4v) is 2.71. The fourth-order valence-electron chi connectivity index (χ4n) is 2.08. The third-order valence-electron chi connectivity index (χ3n) is 3.08. The monoisotopic (exact) mass is 399 g/mol. The molecule has 2 aromatic rings. The molecule has 8 heteroatoms. The molecule has 0 aliphatic carbocycles. The number of allylic oxidation sites excluding steroid dienone is 1. The highest BCUT2D eigenvalue weighted by Crippen LogP contribution is 2.29. The summed E-state index contributed by atoms with van der Waals surface area (Å²) in [4.78, 5) is 4.12. The van der Waals surface area contributed by atoms with Crippen LogP contribution in [0, 0.1) is 11.2 Å². The van der Waals surface area contributed by atoms with Crippen LogP contribution in [0.3, 0.4) is 0 Å². The third-order valence-corrected chi connectivity index (χ3v) is 3.93. The van der Waals surface area contributed by atoms with E-state index < -0.39 is 5.82 Å². The Morgan fingerprint density at radius 2 is 2.26 bits per heavy atom. The molecule has 0 aliphatic rings. The van der Waals surface area contributed by atoms with Crippen molar-refractivity contribution in [3.8, 4) is 11.4 Å². The summed E-state index contributed by atoms with van der Waals surface area (Å²) in [7, 11) is 1.80. The number of pyridine rings is 1. The maximum Gasteiger partial charge on any atom is 0.142 e. The standard InChI is InChI=1S/C15H16BrClFN5/c1-3-20-6-9(15(17)19)4-10-8-23(2)22-13(10)14-12(16)5-11(18)7-21-14/h5-8,19-20H,3-4H2,1-2H3/b9-6-,19-15?. The van der Waals surface area contributed by atoms with Crippen molar-refractivity contribution in [2.75, 3.05) is 6.54 Å². The van der Waals surface area contributed by atoms with Gasteiger partial charge in [0.2, 0.25) is 0 Å². The zero-order valence-electron chi connectivity index (χ0n) is 12.7. The summed E-state index contributed by atoms with van der Waals surface area (Å²) in [6.07, 6.45) is 5.13. The lowest BCUT2D eigenvalue weighted by Crippen LogP contribution is -2.08. The lowest BCUT2D eigenvalue weighted by atomic mass is 10.1. The Kier molecular flexibility index (Phi) is 5.90. The summed E-state index contributed by atoms with van der Waals surface area (Å²) in [5.41, 5.74) is 2.66. The number of rotatable bonds is 6. The predicted molar refractivity (Wildman–Crippen MR) is 93.1 cm³/mol. The molecule has 0 spiro atoms. The first-order valence-corrected chi connectivity index (χ1v) is 8.10. The van der Waals surface area contributed by atoms with Crippen molar-refractivity contribution in [2.45, 2.75) is 13.3 Å². The highest BCUT2D eigenvalue weighted by Gasteiger charge is 2.17. The van der Waals surface area contributed by atoms with Gasteiger partial charge in [-0.05, 0) is 28.9 Å². The number of nitrogens with zero attached hydrogens (tertiary/aromatic N) is 3. The van der Waals surface area contributed by atoms with E-state index in [9.17, 15) is 4.39 Å². The van der Waals surface area contributed by atoms with Crippen molar-refractivity contribution in [1.82, 2.24) is 20.1 Å². The molecule has 0 amide bonds. The quantitative estimate of drug-likeness (QED) is 0.728. The number of hydrogen-bond acceptors (Lipinski definition) is 4. The molecule has 0 saturated carbocycles. The Hall–Kier alpha value is -1.73. The minimum absolute atomic E-state index is 0.0353. The van der Waals surface area contributed by atoms with Gasteiger partial charge in [-0.2, -0.15) is 5.10 Å². The SMILES string of the molecule is CCN/C=C(/Cc1cn(C)nc1-c1ncc(F)cc1Br)C(=N)Cl. The molecule has 0 bridgehead atoms. The van der Waals surface area contributed by atoms with Gasteiger partial charge in [0.05, 0.1) is 6.20 Å². The second kappa shape index (κ2) is 7.70. The van der Waals surface area contributed by atoms with Crippen molar-refractivity contribution in [3.05, 3.63) is 46.1 Å². The van der Waals surface area contributed by atoms with Crippen molar-refractivity contribution in [1.29, 1.82) is 5.41 Å².